The Morgan fingerprint density at radius 2 is 2.00 bits per heavy atom. The molecule has 1 aliphatic carbocycles. The first-order valence-electron chi connectivity index (χ1n) is 7.51. The highest BCUT2D eigenvalue weighted by atomic mass is 15.4. The summed E-state index contributed by atoms with van der Waals surface area (Å²) >= 11 is 0. The van der Waals surface area contributed by atoms with Crippen molar-refractivity contribution in [2.24, 2.45) is 12.8 Å². The number of rotatable bonds is 4. The molecule has 1 fully saturated rings. The third kappa shape index (κ3) is 3.11. The van der Waals surface area contributed by atoms with E-state index in [9.17, 15) is 0 Å². The summed E-state index contributed by atoms with van der Waals surface area (Å²) in [5, 5.41) is 4.60. The lowest BCUT2D eigenvalue weighted by Gasteiger charge is -2.33. The Morgan fingerprint density at radius 3 is 2.58 bits per heavy atom. The van der Waals surface area contributed by atoms with Crippen LogP contribution >= 0.6 is 0 Å². The Morgan fingerprint density at radius 1 is 1.37 bits per heavy atom. The number of hydrogen-bond donors (Lipinski definition) is 1. The van der Waals surface area contributed by atoms with Crippen molar-refractivity contribution >= 4 is 5.82 Å². The molecular weight excluding hydrogens is 236 g/mol. The van der Waals surface area contributed by atoms with Gasteiger partial charge in [-0.3, -0.25) is 4.68 Å². The predicted molar refractivity (Wildman–Crippen MR) is 80.6 cm³/mol. The van der Waals surface area contributed by atoms with Crippen LogP contribution in [0, 0.1) is 6.92 Å². The zero-order valence-corrected chi connectivity index (χ0v) is 12.8. The fourth-order valence-corrected chi connectivity index (χ4v) is 3.33. The highest BCUT2D eigenvalue weighted by molar-refractivity contribution is 5.51. The molecule has 4 nitrogen and oxygen atoms in total. The maximum atomic E-state index is 5.99. The summed E-state index contributed by atoms with van der Waals surface area (Å²) in [6, 6.07) is 0.844. The van der Waals surface area contributed by atoms with E-state index in [4.69, 9.17) is 5.73 Å². The van der Waals surface area contributed by atoms with Crippen LogP contribution in [0.2, 0.25) is 0 Å². The lowest BCUT2D eigenvalue weighted by molar-refractivity contribution is 0.422. The van der Waals surface area contributed by atoms with Crippen LogP contribution in [-0.2, 0) is 13.5 Å². The lowest BCUT2D eigenvalue weighted by atomic mass is 9.94. The van der Waals surface area contributed by atoms with Crippen molar-refractivity contribution in [2.75, 3.05) is 11.9 Å². The van der Waals surface area contributed by atoms with E-state index in [0.717, 1.165) is 12.1 Å². The Kier molecular flexibility index (Phi) is 4.50. The molecule has 108 valence electrons. The second kappa shape index (κ2) is 5.95. The van der Waals surface area contributed by atoms with Crippen LogP contribution in [0.1, 0.15) is 50.3 Å². The van der Waals surface area contributed by atoms with Crippen LogP contribution < -0.4 is 10.6 Å². The highest BCUT2D eigenvalue weighted by Gasteiger charge is 2.24. The van der Waals surface area contributed by atoms with Gasteiger partial charge in [-0.2, -0.15) is 5.10 Å². The zero-order valence-electron chi connectivity index (χ0n) is 12.8. The van der Waals surface area contributed by atoms with E-state index in [-0.39, 0.29) is 6.04 Å². The van der Waals surface area contributed by atoms with Gasteiger partial charge in [-0.1, -0.05) is 19.3 Å². The van der Waals surface area contributed by atoms with Gasteiger partial charge < -0.3 is 10.6 Å². The van der Waals surface area contributed by atoms with Crippen molar-refractivity contribution in [3.8, 4) is 0 Å². The Hall–Kier alpha value is -1.03. The number of hydrogen-bond acceptors (Lipinski definition) is 3. The summed E-state index contributed by atoms with van der Waals surface area (Å²) < 4.78 is 2.03. The lowest BCUT2D eigenvalue weighted by Crippen LogP contribution is -2.35. The van der Waals surface area contributed by atoms with E-state index in [1.54, 1.807) is 0 Å². The molecule has 0 aliphatic heterocycles. The molecule has 0 spiro atoms. The Labute approximate surface area is 117 Å². The van der Waals surface area contributed by atoms with Gasteiger partial charge >= 0.3 is 0 Å². The normalized spacial score (nSPS) is 18.6. The molecule has 1 aromatic heterocycles. The number of anilines is 1. The van der Waals surface area contributed by atoms with Crippen LogP contribution in [0.5, 0.6) is 0 Å². The average molecular weight is 264 g/mol. The molecule has 1 heterocycles. The molecular formula is C15H28N4. The van der Waals surface area contributed by atoms with Crippen molar-refractivity contribution in [3.05, 3.63) is 11.3 Å². The largest absolute Gasteiger partial charge is 0.357 e. The van der Waals surface area contributed by atoms with E-state index in [1.807, 2.05) is 11.7 Å². The fraction of sp³-hybridized carbons (Fsp3) is 0.800. The predicted octanol–water partition coefficient (Wildman–Crippen LogP) is 2.39. The molecule has 0 bridgehead atoms. The molecule has 1 unspecified atom stereocenters. The summed E-state index contributed by atoms with van der Waals surface area (Å²) in [6.45, 7) is 4.16. The second-order valence-corrected chi connectivity index (χ2v) is 6.10. The van der Waals surface area contributed by atoms with Crippen molar-refractivity contribution < 1.29 is 0 Å². The monoisotopic (exact) mass is 264 g/mol. The van der Waals surface area contributed by atoms with E-state index in [2.05, 4.69) is 30.9 Å². The van der Waals surface area contributed by atoms with Gasteiger partial charge in [0.2, 0.25) is 0 Å². The molecule has 2 rings (SSSR count). The third-order valence-electron chi connectivity index (χ3n) is 4.30. The number of nitrogens with zero attached hydrogens (tertiary/aromatic N) is 3. The number of aryl methyl sites for hydroxylation is 2. The van der Waals surface area contributed by atoms with Crippen LogP contribution in [0.15, 0.2) is 0 Å². The SMILES string of the molecule is Cc1nn(C)c(N(C)C2CCCCC2)c1CC(C)N. The first kappa shape index (κ1) is 14.4. The first-order valence-corrected chi connectivity index (χ1v) is 7.51. The smallest absolute Gasteiger partial charge is 0.130 e. The summed E-state index contributed by atoms with van der Waals surface area (Å²) in [4.78, 5) is 2.44. The molecule has 19 heavy (non-hydrogen) atoms. The maximum absolute atomic E-state index is 5.99. The summed E-state index contributed by atoms with van der Waals surface area (Å²) in [5.74, 6) is 1.27. The summed E-state index contributed by atoms with van der Waals surface area (Å²) in [7, 11) is 4.27. The highest BCUT2D eigenvalue weighted by Crippen LogP contribution is 2.30. The van der Waals surface area contributed by atoms with Gasteiger partial charge in [0.1, 0.15) is 5.82 Å². The second-order valence-electron chi connectivity index (χ2n) is 6.10. The van der Waals surface area contributed by atoms with Crippen molar-refractivity contribution in [1.29, 1.82) is 0 Å². The standard InChI is InChI=1S/C15H28N4/c1-11(16)10-14-12(2)17-19(4)15(14)18(3)13-8-6-5-7-9-13/h11,13H,5-10,16H2,1-4H3. The quantitative estimate of drug-likeness (QED) is 0.908. The van der Waals surface area contributed by atoms with Gasteiger partial charge in [-0.15, -0.1) is 0 Å². The van der Waals surface area contributed by atoms with Crippen LogP contribution in [-0.4, -0.2) is 28.9 Å². The molecule has 1 aliphatic rings. The average Bonchev–Trinajstić information content (AvgIpc) is 2.64. The minimum absolute atomic E-state index is 0.182. The van der Waals surface area contributed by atoms with Crippen molar-refractivity contribution in [2.45, 2.75) is 64.5 Å². The molecule has 1 atom stereocenters. The molecule has 0 aromatic carbocycles. The first-order chi connectivity index (χ1) is 9.00. The Balaban J connectivity index is 2.26. The summed E-state index contributed by atoms with van der Waals surface area (Å²) in [5.41, 5.74) is 8.44. The molecule has 0 radical (unpaired) electrons. The van der Waals surface area contributed by atoms with Crippen LogP contribution in [0.3, 0.4) is 0 Å². The molecule has 0 amide bonds. The zero-order chi connectivity index (χ0) is 14.0. The van der Waals surface area contributed by atoms with Gasteiger partial charge in [0.25, 0.3) is 0 Å². The molecule has 1 aromatic rings. The van der Waals surface area contributed by atoms with Gasteiger partial charge in [-0.25, -0.2) is 0 Å². The van der Waals surface area contributed by atoms with Crippen molar-refractivity contribution in [3.63, 3.8) is 0 Å². The van der Waals surface area contributed by atoms with Gasteiger partial charge in [0.05, 0.1) is 5.69 Å². The third-order valence-corrected chi connectivity index (χ3v) is 4.30. The minimum Gasteiger partial charge on any atom is -0.357 e. The molecule has 1 saturated carbocycles. The summed E-state index contributed by atoms with van der Waals surface area (Å²) in [6.07, 6.45) is 7.62. The number of aromatic nitrogens is 2. The van der Waals surface area contributed by atoms with Crippen LogP contribution in [0.4, 0.5) is 5.82 Å². The molecule has 2 N–H and O–H groups in total. The van der Waals surface area contributed by atoms with Crippen molar-refractivity contribution in [1.82, 2.24) is 9.78 Å². The van der Waals surface area contributed by atoms with E-state index < -0.39 is 0 Å². The van der Waals surface area contributed by atoms with E-state index in [1.165, 1.54) is 43.5 Å². The molecule has 4 heteroatoms. The number of nitrogens with two attached hydrogens (primary N) is 1. The van der Waals surface area contributed by atoms with E-state index >= 15 is 0 Å². The topological polar surface area (TPSA) is 47.1 Å². The van der Waals surface area contributed by atoms with E-state index in [0.29, 0.717) is 6.04 Å². The Bertz CT molecular complexity index is 416. The molecule has 0 saturated heterocycles. The van der Waals surface area contributed by atoms with Gasteiger partial charge in [0, 0.05) is 31.7 Å². The van der Waals surface area contributed by atoms with Gasteiger partial charge in [0.15, 0.2) is 0 Å². The fourth-order valence-electron chi connectivity index (χ4n) is 3.33. The van der Waals surface area contributed by atoms with Crippen LogP contribution in [0.25, 0.3) is 0 Å². The van der Waals surface area contributed by atoms with Gasteiger partial charge in [-0.05, 0) is 33.1 Å². The minimum atomic E-state index is 0.182. The maximum Gasteiger partial charge on any atom is 0.130 e.